The molecule has 0 saturated heterocycles. The highest BCUT2D eigenvalue weighted by atomic mass is 32.2. The lowest BCUT2D eigenvalue weighted by atomic mass is 9.51. The van der Waals surface area contributed by atoms with E-state index in [1.54, 1.807) is 45.0 Å². The molecule has 7 heteroatoms. The number of hydrogen-bond donors (Lipinski definition) is 2. The third-order valence-electron chi connectivity index (χ3n) is 7.48. The van der Waals surface area contributed by atoms with Gasteiger partial charge in [0, 0.05) is 12.6 Å². The van der Waals surface area contributed by atoms with Crippen LogP contribution in [0.4, 0.5) is 0 Å². The molecule has 0 aliphatic heterocycles. The molecule has 4 saturated carbocycles. The molecule has 160 valence electrons. The van der Waals surface area contributed by atoms with E-state index in [2.05, 4.69) is 5.32 Å². The van der Waals surface area contributed by atoms with Gasteiger partial charge in [-0.1, -0.05) is 18.2 Å². The number of nitrogens with one attached hydrogen (secondary N) is 1. The number of hydrogen-bond acceptors (Lipinski definition) is 4. The van der Waals surface area contributed by atoms with Crippen LogP contribution in [0, 0.1) is 18.8 Å². The molecule has 29 heavy (non-hydrogen) atoms. The highest BCUT2D eigenvalue weighted by molar-refractivity contribution is 7.89. The first-order valence-electron chi connectivity index (χ1n) is 10.5. The number of carbonyl (C=O) groups excluding carboxylic acids is 1. The molecule has 5 rings (SSSR count). The first kappa shape index (κ1) is 20.8. The monoisotopic (exact) mass is 420 g/mol. The fraction of sp³-hybridized carbons (Fsp3) is 0.682. The normalized spacial score (nSPS) is 33.9. The fourth-order valence-electron chi connectivity index (χ4n) is 6.19. The molecule has 6 nitrogen and oxygen atoms in total. The van der Waals surface area contributed by atoms with Crippen LogP contribution in [0.25, 0.3) is 0 Å². The molecule has 2 N–H and O–H groups in total. The molecule has 0 heterocycles. The summed E-state index contributed by atoms with van der Waals surface area (Å²) in [7, 11) is -2.36. The van der Waals surface area contributed by atoms with Gasteiger partial charge in [0.2, 0.25) is 15.9 Å². The van der Waals surface area contributed by atoms with Crippen molar-refractivity contribution in [2.45, 2.75) is 80.9 Å². The first-order valence-corrected chi connectivity index (χ1v) is 11.9. The van der Waals surface area contributed by atoms with E-state index in [0.717, 1.165) is 32.1 Å². The number of carbonyl (C=O) groups is 1. The smallest absolute Gasteiger partial charge is 0.244 e. The molecule has 4 aliphatic carbocycles. The fourth-order valence-corrected chi connectivity index (χ4v) is 7.90. The van der Waals surface area contributed by atoms with Crippen LogP contribution in [0.5, 0.6) is 0 Å². The van der Waals surface area contributed by atoms with E-state index < -0.39 is 26.7 Å². The zero-order valence-electron chi connectivity index (χ0n) is 17.7. The molecule has 2 atom stereocenters. The minimum Gasteiger partial charge on any atom is -0.390 e. The van der Waals surface area contributed by atoms with Crippen molar-refractivity contribution in [3.05, 3.63) is 29.8 Å². The van der Waals surface area contributed by atoms with Gasteiger partial charge in [-0.2, -0.15) is 4.31 Å². The summed E-state index contributed by atoms with van der Waals surface area (Å²) in [6, 6.07) is 6.81. The quantitative estimate of drug-likeness (QED) is 0.767. The average Bonchev–Trinajstić information content (AvgIpc) is 2.58. The summed E-state index contributed by atoms with van der Waals surface area (Å²) in [4.78, 5) is 13.6. The van der Waals surface area contributed by atoms with E-state index in [4.69, 9.17) is 0 Å². The van der Waals surface area contributed by atoms with Gasteiger partial charge in [0.05, 0.1) is 10.5 Å². The van der Waals surface area contributed by atoms with Gasteiger partial charge < -0.3 is 10.4 Å². The number of nitrogens with zero attached hydrogens (tertiary/aromatic N) is 1. The van der Waals surface area contributed by atoms with Crippen molar-refractivity contribution in [1.82, 2.24) is 9.62 Å². The molecule has 0 spiro atoms. The third kappa shape index (κ3) is 3.41. The van der Waals surface area contributed by atoms with Crippen LogP contribution < -0.4 is 5.32 Å². The Morgan fingerprint density at radius 1 is 1.17 bits per heavy atom. The molecule has 0 radical (unpaired) electrons. The Labute approximate surface area is 173 Å². The van der Waals surface area contributed by atoms with Crippen LogP contribution in [-0.4, -0.2) is 47.5 Å². The lowest BCUT2D eigenvalue weighted by Crippen LogP contribution is -2.68. The molecule has 0 aromatic heterocycles. The number of likely N-dealkylation sites (N-methyl/N-ethyl adjacent to an activating group) is 1. The second kappa shape index (κ2) is 6.53. The first-order chi connectivity index (χ1) is 13.4. The van der Waals surface area contributed by atoms with Crippen molar-refractivity contribution >= 4 is 15.9 Å². The van der Waals surface area contributed by atoms with Gasteiger partial charge in [-0.3, -0.25) is 4.79 Å². The lowest BCUT2D eigenvalue weighted by Gasteiger charge is -2.60. The maximum atomic E-state index is 13.4. The van der Waals surface area contributed by atoms with E-state index in [-0.39, 0.29) is 10.8 Å². The van der Waals surface area contributed by atoms with Crippen molar-refractivity contribution in [2.24, 2.45) is 11.8 Å². The van der Waals surface area contributed by atoms with Crippen molar-refractivity contribution in [2.75, 3.05) is 7.05 Å². The van der Waals surface area contributed by atoms with Crippen LogP contribution in [-0.2, 0) is 14.8 Å². The third-order valence-corrected chi connectivity index (χ3v) is 9.68. The van der Waals surface area contributed by atoms with Gasteiger partial charge in [0.15, 0.2) is 0 Å². The van der Waals surface area contributed by atoms with Crippen LogP contribution in [0.2, 0.25) is 0 Å². The van der Waals surface area contributed by atoms with E-state index in [0.29, 0.717) is 23.8 Å². The van der Waals surface area contributed by atoms with Crippen molar-refractivity contribution < 1.29 is 18.3 Å². The summed E-state index contributed by atoms with van der Waals surface area (Å²) in [5, 5.41) is 14.1. The van der Waals surface area contributed by atoms with Gasteiger partial charge in [0.1, 0.15) is 5.54 Å². The van der Waals surface area contributed by atoms with Gasteiger partial charge in [-0.15, -0.1) is 0 Å². The SMILES string of the molecule is Cc1ccccc1S(=O)(=O)N(C)C(C)(C)C(=O)NC12CC3CC(CC(O)(C3)C1)C2. The molecular formula is C22H32N2O4S. The Balaban J connectivity index is 1.57. The summed E-state index contributed by atoms with van der Waals surface area (Å²) in [6.07, 6.45) is 5.11. The van der Waals surface area contributed by atoms with Crippen molar-refractivity contribution in [1.29, 1.82) is 0 Å². The summed E-state index contributed by atoms with van der Waals surface area (Å²) in [5.74, 6) is 0.582. The number of aryl methyl sites for hydroxylation is 1. The zero-order chi connectivity index (χ0) is 21.2. The van der Waals surface area contributed by atoms with Crippen LogP contribution >= 0.6 is 0 Å². The van der Waals surface area contributed by atoms with E-state index in [1.807, 2.05) is 0 Å². The summed E-state index contributed by atoms with van der Waals surface area (Å²) >= 11 is 0. The Hall–Kier alpha value is -1.44. The standard InChI is InChI=1S/C22H32N2O4S/c1-15-7-5-6-8-18(15)29(27,28)24(4)20(2,3)19(25)23-21-10-16-9-17(11-21)13-22(26,12-16)14-21/h5-8,16-17,26H,9-14H2,1-4H3,(H,23,25). The van der Waals surface area contributed by atoms with Crippen LogP contribution in [0.15, 0.2) is 29.2 Å². The second-order valence-electron chi connectivity index (χ2n) is 10.2. The van der Waals surface area contributed by atoms with Gasteiger partial charge in [0.25, 0.3) is 0 Å². The Kier molecular flexibility index (Phi) is 4.69. The topological polar surface area (TPSA) is 86.7 Å². The molecule has 1 aromatic rings. The number of sulfonamides is 1. The number of aliphatic hydroxyl groups is 1. The second-order valence-corrected chi connectivity index (χ2v) is 12.2. The van der Waals surface area contributed by atoms with E-state index in [1.165, 1.54) is 11.4 Å². The maximum Gasteiger partial charge on any atom is 0.244 e. The molecule has 1 amide bonds. The van der Waals surface area contributed by atoms with Crippen LogP contribution in [0.1, 0.15) is 57.9 Å². The predicted molar refractivity (Wildman–Crippen MR) is 111 cm³/mol. The summed E-state index contributed by atoms with van der Waals surface area (Å²) < 4.78 is 27.6. The number of rotatable bonds is 5. The average molecular weight is 421 g/mol. The number of benzene rings is 1. The number of amides is 1. The Bertz CT molecular complexity index is 926. The molecule has 4 aliphatic rings. The summed E-state index contributed by atoms with van der Waals surface area (Å²) in [5.41, 5.74) is -1.70. The molecular weight excluding hydrogens is 388 g/mol. The van der Waals surface area contributed by atoms with Gasteiger partial charge in [-0.25, -0.2) is 8.42 Å². The highest BCUT2D eigenvalue weighted by Gasteiger charge is 2.58. The molecule has 1 aromatic carbocycles. The largest absolute Gasteiger partial charge is 0.390 e. The van der Waals surface area contributed by atoms with Gasteiger partial charge >= 0.3 is 0 Å². The molecule has 4 fully saturated rings. The minimum absolute atomic E-state index is 0.215. The van der Waals surface area contributed by atoms with Crippen LogP contribution in [0.3, 0.4) is 0 Å². The lowest BCUT2D eigenvalue weighted by molar-refractivity contribution is -0.154. The Morgan fingerprint density at radius 2 is 1.76 bits per heavy atom. The van der Waals surface area contributed by atoms with E-state index >= 15 is 0 Å². The maximum absolute atomic E-state index is 13.4. The highest BCUT2D eigenvalue weighted by Crippen LogP contribution is 2.57. The van der Waals surface area contributed by atoms with Crippen molar-refractivity contribution in [3.63, 3.8) is 0 Å². The van der Waals surface area contributed by atoms with Gasteiger partial charge in [-0.05, 0) is 82.8 Å². The van der Waals surface area contributed by atoms with Crippen molar-refractivity contribution in [3.8, 4) is 0 Å². The minimum atomic E-state index is -3.83. The predicted octanol–water partition coefficient (Wildman–Crippen LogP) is 2.59. The zero-order valence-corrected chi connectivity index (χ0v) is 18.6. The Morgan fingerprint density at radius 3 is 2.31 bits per heavy atom. The van der Waals surface area contributed by atoms with E-state index in [9.17, 15) is 18.3 Å². The molecule has 2 unspecified atom stereocenters. The summed E-state index contributed by atoms with van der Waals surface area (Å²) in [6.45, 7) is 5.05. The molecule has 4 bridgehead atoms.